The average molecular weight is 352 g/mol. The lowest BCUT2D eigenvalue weighted by Gasteiger charge is -2.12. The van der Waals surface area contributed by atoms with E-state index in [0.29, 0.717) is 0 Å². The Kier molecular flexibility index (Phi) is 5.84. The molecule has 2 aromatic rings. The summed E-state index contributed by atoms with van der Waals surface area (Å²) < 4.78 is 43.5. The number of anilines is 1. The van der Waals surface area contributed by atoms with Gasteiger partial charge in [0.15, 0.2) is 5.96 Å². The number of guanidine groups is 1. The molecule has 0 bridgehead atoms. The van der Waals surface area contributed by atoms with Crippen molar-refractivity contribution in [1.82, 2.24) is 4.98 Å². The van der Waals surface area contributed by atoms with Crippen LogP contribution in [-0.4, -0.2) is 24.1 Å². The summed E-state index contributed by atoms with van der Waals surface area (Å²) in [5.41, 5.74) is 7.81. The molecule has 0 spiro atoms. The standard InChI is InChI=1S/C17H19F3N4O/c1-11-8-12(2)10-13(9-11)24-16(21)23-6-7-25-15-14(17(18,19)20)4-3-5-22-15/h3-5,8-10H,6-7H2,1-2H3,(H3,21,23,24). The van der Waals surface area contributed by atoms with Crippen LogP contribution in [0, 0.1) is 13.8 Å². The molecule has 0 saturated heterocycles. The molecule has 25 heavy (non-hydrogen) atoms. The summed E-state index contributed by atoms with van der Waals surface area (Å²) in [7, 11) is 0. The first kappa shape index (κ1) is 18.6. The van der Waals surface area contributed by atoms with Gasteiger partial charge in [0.25, 0.3) is 0 Å². The Hall–Kier alpha value is -2.77. The first-order valence-corrected chi connectivity index (χ1v) is 7.56. The Morgan fingerprint density at radius 1 is 1.24 bits per heavy atom. The third kappa shape index (κ3) is 5.66. The van der Waals surface area contributed by atoms with E-state index in [4.69, 9.17) is 10.5 Å². The smallest absolute Gasteiger partial charge is 0.421 e. The van der Waals surface area contributed by atoms with E-state index in [9.17, 15) is 13.2 Å². The molecule has 8 heteroatoms. The third-order valence-electron chi connectivity index (χ3n) is 3.18. The molecule has 134 valence electrons. The monoisotopic (exact) mass is 352 g/mol. The fourth-order valence-corrected chi connectivity index (χ4v) is 2.26. The fraction of sp³-hybridized carbons (Fsp3) is 0.294. The molecule has 0 amide bonds. The van der Waals surface area contributed by atoms with Gasteiger partial charge in [-0.1, -0.05) is 6.07 Å². The van der Waals surface area contributed by atoms with Gasteiger partial charge in [0.05, 0.1) is 6.54 Å². The van der Waals surface area contributed by atoms with Gasteiger partial charge in [-0.3, -0.25) is 0 Å². The Morgan fingerprint density at radius 3 is 2.56 bits per heavy atom. The number of aryl methyl sites for hydroxylation is 2. The number of hydrogen-bond donors (Lipinski definition) is 2. The number of rotatable bonds is 5. The molecule has 0 fully saturated rings. The van der Waals surface area contributed by atoms with Crippen LogP contribution in [0.4, 0.5) is 18.9 Å². The fourth-order valence-electron chi connectivity index (χ4n) is 2.26. The Balaban J connectivity index is 1.91. The number of aromatic nitrogens is 1. The quantitative estimate of drug-likeness (QED) is 0.491. The van der Waals surface area contributed by atoms with Crippen molar-refractivity contribution in [3.05, 3.63) is 53.2 Å². The number of aliphatic imine (C=N–C) groups is 1. The highest BCUT2D eigenvalue weighted by molar-refractivity contribution is 5.92. The average Bonchev–Trinajstić information content (AvgIpc) is 2.50. The summed E-state index contributed by atoms with van der Waals surface area (Å²) in [5, 5.41) is 2.93. The highest BCUT2D eigenvalue weighted by Crippen LogP contribution is 2.34. The number of nitrogens with two attached hydrogens (primary N) is 1. The van der Waals surface area contributed by atoms with Crippen LogP contribution >= 0.6 is 0 Å². The van der Waals surface area contributed by atoms with E-state index in [1.165, 1.54) is 12.3 Å². The first-order valence-electron chi connectivity index (χ1n) is 7.56. The summed E-state index contributed by atoms with van der Waals surface area (Å²) in [6.45, 7) is 3.95. The van der Waals surface area contributed by atoms with Crippen molar-refractivity contribution < 1.29 is 17.9 Å². The summed E-state index contributed by atoms with van der Waals surface area (Å²) in [5.74, 6) is -0.309. The van der Waals surface area contributed by atoms with Crippen molar-refractivity contribution in [2.75, 3.05) is 18.5 Å². The minimum absolute atomic E-state index is 0.0741. The lowest BCUT2D eigenvalue weighted by molar-refractivity contribution is -0.139. The van der Waals surface area contributed by atoms with Gasteiger partial charge in [-0.2, -0.15) is 13.2 Å². The number of pyridine rings is 1. The van der Waals surface area contributed by atoms with Crippen LogP contribution < -0.4 is 15.8 Å². The number of ether oxygens (including phenoxy) is 1. The van der Waals surface area contributed by atoms with Gasteiger partial charge in [-0.15, -0.1) is 0 Å². The number of hydrogen-bond acceptors (Lipinski definition) is 3. The summed E-state index contributed by atoms with van der Waals surface area (Å²) >= 11 is 0. The zero-order valence-electron chi connectivity index (χ0n) is 13.9. The molecule has 0 unspecified atom stereocenters. The Labute approximate surface area is 143 Å². The van der Waals surface area contributed by atoms with Crippen LogP contribution in [0.15, 0.2) is 41.5 Å². The minimum Gasteiger partial charge on any atom is -0.475 e. The van der Waals surface area contributed by atoms with Crippen molar-refractivity contribution in [1.29, 1.82) is 0 Å². The van der Waals surface area contributed by atoms with E-state index in [2.05, 4.69) is 15.3 Å². The van der Waals surface area contributed by atoms with Crippen molar-refractivity contribution in [2.24, 2.45) is 10.7 Å². The SMILES string of the molecule is Cc1cc(C)cc(NC(N)=NCCOc2ncccc2C(F)(F)F)c1. The lowest BCUT2D eigenvalue weighted by Crippen LogP contribution is -2.23. The largest absolute Gasteiger partial charge is 0.475 e. The maximum atomic E-state index is 12.8. The minimum atomic E-state index is -4.52. The molecule has 1 heterocycles. The normalized spacial score (nSPS) is 12.1. The molecule has 0 aliphatic rings. The number of benzene rings is 1. The van der Waals surface area contributed by atoms with Gasteiger partial charge < -0.3 is 15.8 Å². The second-order valence-corrected chi connectivity index (χ2v) is 5.47. The van der Waals surface area contributed by atoms with E-state index < -0.39 is 17.6 Å². The number of halogens is 3. The molecule has 5 nitrogen and oxygen atoms in total. The molecule has 0 aliphatic carbocycles. The summed E-state index contributed by atoms with van der Waals surface area (Å²) in [6.07, 6.45) is -3.28. The molecule has 0 atom stereocenters. The number of nitrogens with one attached hydrogen (secondary N) is 1. The third-order valence-corrected chi connectivity index (χ3v) is 3.18. The van der Waals surface area contributed by atoms with Gasteiger partial charge in [-0.05, 0) is 49.2 Å². The lowest BCUT2D eigenvalue weighted by atomic mass is 10.1. The van der Waals surface area contributed by atoms with Crippen molar-refractivity contribution in [3.63, 3.8) is 0 Å². The summed E-state index contributed by atoms with van der Waals surface area (Å²) in [6, 6.07) is 7.98. The van der Waals surface area contributed by atoms with Crippen LogP contribution in [-0.2, 0) is 6.18 Å². The van der Waals surface area contributed by atoms with Crippen LogP contribution in [0.5, 0.6) is 5.88 Å². The second-order valence-electron chi connectivity index (χ2n) is 5.47. The van der Waals surface area contributed by atoms with Gasteiger partial charge in [0, 0.05) is 11.9 Å². The van der Waals surface area contributed by atoms with E-state index in [0.717, 1.165) is 22.9 Å². The van der Waals surface area contributed by atoms with Gasteiger partial charge in [-0.25, -0.2) is 9.98 Å². The maximum absolute atomic E-state index is 12.8. The van der Waals surface area contributed by atoms with Crippen molar-refractivity contribution in [3.8, 4) is 5.88 Å². The van der Waals surface area contributed by atoms with Crippen LogP contribution in [0.2, 0.25) is 0 Å². The van der Waals surface area contributed by atoms with Gasteiger partial charge >= 0.3 is 6.18 Å². The topological polar surface area (TPSA) is 72.5 Å². The molecule has 1 aromatic carbocycles. The molecular weight excluding hydrogens is 333 g/mol. The van der Waals surface area contributed by atoms with Gasteiger partial charge in [0.1, 0.15) is 12.2 Å². The number of nitrogens with zero attached hydrogens (tertiary/aromatic N) is 2. The molecule has 0 aliphatic heterocycles. The van der Waals surface area contributed by atoms with Crippen molar-refractivity contribution >= 4 is 11.6 Å². The highest BCUT2D eigenvalue weighted by atomic mass is 19.4. The molecule has 0 radical (unpaired) electrons. The predicted octanol–water partition coefficient (Wildman–Crippen LogP) is 3.52. The van der Waals surface area contributed by atoms with E-state index in [1.807, 2.05) is 32.0 Å². The molecule has 0 saturated carbocycles. The van der Waals surface area contributed by atoms with Crippen LogP contribution in [0.3, 0.4) is 0 Å². The molecule has 3 N–H and O–H groups in total. The zero-order chi connectivity index (χ0) is 18.4. The zero-order valence-corrected chi connectivity index (χ0v) is 13.9. The van der Waals surface area contributed by atoms with Gasteiger partial charge in [0.2, 0.25) is 5.88 Å². The number of alkyl halides is 3. The Morgan fingerprint density at radius 2 is 1.92 bits per heavy atom. The van der Waals surface area contributed by atoms with E-state index in [1.54, 1.807) is 0 Å². The Bertz CT molecular complexity index is 740. The molecular formula is C17H19F3N4O. The predicted molar refractivity (Wildman–Crippen MR) is 90.8 cm³/mol. The van der Waals surface area contributed by atoms with Crippen molar-refractivity contribution in [2.45, 2.75) is 20.0 Å². The van der Waals surface area contributed by atoms with E-state index in [-0.39, 0.29) is 19.1 Å². The van der Waals surface area contributed by atoms with Crippen LogP contribution in [0.1, 0.15) is 16.7 Å². The molecule has 1 aromatic heterocycles. The second kappa shape index (κ2) is 7.87. The molecule has 2 rings (SSSR count). The highest BCUT2D eigenvalue weighted by Gasteiger charge is 2.34. The summed E-state index contributed by atoms with van der Waals surface area (Å²) in [4.78, 5) is 7.65. The first-order chi connectivity index (χ1) is 11.8. The maximum Gasteiger partial charge on any atom is 0.421 e. The van der Waals surface area contributed by atoms with E-state index >= 15 is 0 Å². The van der Waals surface area contributed by atoms with Crippen LogP contribution in [0.25, 0.3) is 0 Å².